The lowest BCUT2D eigenvalue weighted by Crippen LogP contribution is -2.12. The number of carbonyl (C=O) groups is 1. The lowest BCUT2D eigenvalue weighted by molar-refractivity contribution is -0.147. The second kappa shape index (κ2) is 5.18. The molecule has 16 heavy (non-hydrogen) atoms. The highest BCUT2D eigenvalue weighted by atomic mass is 79.9. The summed E-state index contributed by atoms with van der Waals surface area (Å²) in [5.41, 5.74) is 0.134. The van der Waals surface area contributed by atoms with E-state index in [1.165, 1.54) is 20.3 Å². The Morgan fingerprint density at radius 2 is 1.81 bits per heavy atom. The molecule has 6 heteroatoms. The predicted octanol–water partition coefficient (Wildman–Crippen LogP) is 1.58. The maximum absolute atomic E-state index is 10.8. The van der Waals surface area contributed by atoms with Crippen LogP contribution in [-0.4, -0.2) is 30.4 Å². The van der Waals surface area contributed by atoms with E-state index in [0.29, 0.717) is 10.2 Å². The summed E-state index contributed by atoms with van der Waals surface area (Å²) in [5, 5.41) is 18.3. The Morgan fingerprint density at radius 1 is 1.31 bits per heavy atom. The van der Waals surface area contributed by atoms with Gasteiger partial charge >= 0.3 is 5.97 Å². The summed E-state index contributed by atoms with van der Waals surface area (Å²) < 4.78 is 10.4. The fourth-order valence-corrected chi connectivity index (χ4v) is 1.98. The first-order valence-corrected chi connectivity index (χ1v) is 5.13. The van der Waals surface area contributed by atoms with Crippen LogP contribution in [0.25, 0.3) is 0 Å². The van der Waals surface area contributed by atoms with E-state index >= 15 is 0 Å². The van der Waals surface area contributed by atoms with Crippen molar-refractivity contribution in [1.82, 2.24) is 0 Å². The Labute approximate surface area is 101 Å². The Kier molecular flexibility index (Phi) is 4.14. The minimum atomic E-state index is -1.67. The summed E-state index contributed by atoms with van der Waals surface area (Å²) in [6.45, 7) is 0. The van der Waals surface area contributed by atoms with Crippen molar-refractivity contribution in [2.24, 2.45) is 0 Å². The molecular formula is C10H11BrO5. The van der Waals surface area contributed by atoms with Gasteiger partial charge in [0.15, 0.2) is 6.10 Å². The molecule has 0 aliphatic carbocycles. The molecule has 1 aromatic carbocycles. The number of benzene rings is 1. The molecule has 0 saturated carbocycles. The SMILES string of the molecule is COc1ccc(OC)c(C(O)C(=O)O)c1Br. The van der Waals surface area contributed by atoms with Crippen LogP contribution < -0.4 is 9.47 Å². The summed E-state index contributed by atoms with van der Waals surface area (Å²) in [4.78, 5) is 10.8. The standard InChI is InChI=1S/C10H11BrO5/c1-15-5-3-4-6(16-2)8(11)7(5)9(12)10(13)14/h3-4,9,12H,1-2H3,(H,13,14). The third-order valence-corrected chi connectivity index (χ3v) is 2.87. The van der Waals surface area contributed by atoms with E-state index in [-0.39, 0.29) is 11.3 Å². The number of aliphatic hydroxyl groups is 1. The molecule has 0 amide bonds. The van der Waals surface area contributed by atoms with Gasteiger partial charge < -0.3 is 19.7 Å². The van der Waals surface area contributed by atoms with Crippen molar-refractivity contribution < 1.29 is 24.5 Å². The lowest BCUT2D eigenvalue weighted by atomic mass is 10.1. The fourth-order valence-electron chi connectivity index (χ4n) is 1.27. The van der Waals surface area contributed by atoms with Crippen molar-refractivity contribution >= 4 is 21.9 Å². The zero-order chi connectivity index (χ0) is 12.3. The Morgan fingerprint density at radius 3 is 2.25 bits per heavy atom. The highest BCUT2D eigenvalue weighted by Gasteiger charge is 2.25. The molecule has 1 rings (SSSR count). The first-order valence-electron chi connectivity index (χ1n) is 4.34. The van der Waals surface area contributed by atoms with E-state index in [1.54, 1.807) is 6.07 Å². The molecule has 88 valence electrons. The van der Waals surface area contributed by atoms with Crippen molar-refractivity contribution in [1.29, 1.82) is 0 Å². The highest BCUT2D eigenvalue weighted by molar-refractivity contribution is 9.10. The Balaban J connectivity index is 3.37. The van der Waals surface area contributed by atoms with Gasteiger partial charge in [0.2, 0.25) is 0 Å². The minimum absolute atomic E-state index is 0.134. The van der Waals surface area contributed by atoms with Crippen molar-refractivity contribution in [3.8, 4) is 11.5 Å². The zero-order valence-electron chi connectivity index (χ0n) is 8.73. The third-order valence-electron chi connectivity index (χ3n) is 2.05. The highest BCUT2D eigenvalue weighted by Crippen LogP contribution is 2.38. The summed E-state index contributed by atoms with van der Waals surface area (Å²) in [6.07, 6.45) is -1.67. The molecule has 1 aromatic rings. The number of aliphatic carboxylic acids is 1. The van der Waals surface area contributed by atoms with Crippen LogP contribution in [0.2, 0.25) is 0 Å². The molecule has 1 unspecified atom stereocenters. The molecule has 0 aromatic heterocycles. The van der Waals surface area contributed by atoms with Crippen molar-refractivity contribution in [2.75, 3.05) is 14.2 Å². The van der Waals surface area contributed by atoms with Gasteiger partial charge in [-0.15, -0.1) is 0 Å². The van der Waals surface area contributed by atoms with Crippen LogP contribution in [-0.2, 0) is 4.79 Å². The molecule has 0 spiro atoms. The van der Waals surface area contributed by atoms with E-state index in [4.69, 9.17) is 14.6 Å². The summed E-state index contributed by atoms with van der Waals surface area (Å²) in [7, 11) is 2.84. The summed E-state index contributed by atoms with van der Waals surface area (Å²) >= 11 is 3.17. The van der Waals surface area contributed by atoms with Crippen molar-refractivity contribution in [3.63, 3.8) is 0 Å². The van der Waals surface area contributed by atoms with E-state index < -0.39 is 12.1 Å². The first kappa shape index (κ1) is 12.8. The van der Waals surface area contributed by atoms with E-state index in [9.17, 15) is 9.90 Å². The van der Waals surface area contributed by atoms with Gasteiger partial charge in [-0.2, -0.15) is 0 Å². The maximum atomic E-state index is 10.8. The molecule has 0 saturated heterocycles. The monoisotopic (exact) mass is 290 g/mol. The smallest absolute Gasteiger partial charge is 0.337 e. The van der Waals surface area contributed by atoms with Crippen LogP contribution in [0.5, 0.6) is 11.5 Å². The molecular weight excluding hydrogens is 280 g/mol. The largest absolute Gasteiger partial charge is 0.496 e. The van der Waals surface area contributed by atoms with Gasteiger partial charge in [0.25, 0.3) is 0 Å². The first-order chi connectivity index (χ1) is 7.52. The molecule has 1 atom stereocenters. The van der Waals surface area contributed by atoms with E-state index in [0.717, 1.165) is 0 Å². The molecule has 0 heterocycles. The lowest BCUT2D eigenvalue weighted by Gasteiger charge is -2.15. The number of hydrogen-bond acceptors (Lipinski definition) is 4. The molecule has 0 radical (unpaired) electrons. The molecule has 0 fully saturated rings. The quantitative estimate of drug-likeness (QED) is 0.881. The maximum Gasteiger partial charge on any atom is 0.337 e. The molecule has 5 nitrogen and oxygen atoms in total. The van der Waals surface area contributed by atoms with Crippen LogP contribution in [0.3, 0.4) is 0 Å². The number of methoxy groups -OCH3 is 2. The van der Waals surface area contributed by atoms with Crippen LogP contribution in [0.1, 0.15) is 11.7 Å². The molecule has 0 bridgehead atoms. The summed E-state index contributed by atoms with van der Waals surface area (Å²) in [5.74, 6) is -0.647. The number of ether oxygens (including phenoxy) is 2. The van der Waals surface area contributed by atoms with Gasteiger partial charge in [0.1, 0.15) is 11.5 Å². The predicted molar refractivity (Wildman–Crippen MR) is 59.8 cm³/mol. The average molecular weight is 291 g/mol. The van der Waals surface area contributed by atoms with Crippen LogP contribution in [0.15, 0.2) is 16.6 Å². The normalized spacial score (nSPS) is 12.0. The number of hydrogen-bond donors (Lipinski definition) is 2. The number of aliphatic hydroxyl groups excluding tert-OH is 1. The second-order valence-electron chi connectivity index (χ2n) is 2.94. The number of carboxylic acids is 1. The fraction of sp³-hybridized carbons (Fsp3) is 0.300. The molecule has 2 N–H and O–H groups in total. The van der Waals surface area contributed by atoms with Crippen LogP contribution in [0.4, 0.5) is 0 Å². The van der Waals surface area contributed by atoms with E-state index in [1.807, 2.05) is 0 Å². The number of rotatable bonds is 4. The van der Waals surface area contributed by atoms with Gasteiger partial charge in [-0.05, 0) is 28.1 Å². The van der Waals surface area contributed by atoms with Crippen LogP contribution in [0, 0.1) is 0 Å². The zero-order valence-corrected chi connectivity index (χ0v) is 10.3. The average Bonchev–Trinajstić information content (AvgIpc) is 2.27. The molecule has 0 aliphatic heterocycles. The van der Waals surface area contributed by atoms with Gasteiger partial charge in [0.05, 0.1) is 24.3 Å². The van der Waals surface area contributed by atoms with Crippen LogP contribution >= 0.6 is 15.9 Å². The minimum Gasteiger partial charge on any atom is -0.496 e. The van der Waals surface area contributed by atoms with Gasteiger partial charge in [-0.3, -0.25) is 0 Å². The van der Waals surface area contributed by atoms with Gasteiger partial charge in [-0.1, -0.05) is 0 Å². The van der Waals surface area contributed by atoms with E-state index in [2.05, 4.69) is 15.9 Å². The number of halogens is 1. The van der Waals surface area contributed by atoms with Gasteiger partial charge in [-0.25, -0.2) is 4.79 Å². The Bertz CT molecular complexity index is 404. The third kappa shape index (κ3) is 2.28. The van der Waals surface area contributed by atoms with Crippen molar-refractivity contribution in [3.05, 3.63) is 22.2 Å². The Hall–Kier alpha value is -1.27. The number of carboxylic acid groups (broad SMARTS) is 1. The summed E-state index contributed by atoms with van der Waals surface area (Å²) in [6, 6.07) is 3.14. The second-order valence-corrected chi connectivity index (χ2v) is 3.73. The van der Waals surface area contributed by atoms with Crippen molar-refractivity contribution in [2.45, 2.75) is 6.10 Å². The topological polar surface area (TPSA) is 76.0 Å². The van der Waals surface area contributed by atoms with Gasteiger partial charge in [0, 0.05) is 0 Å². The molecule has 0 aliphatic rings.